The number of nitrogens with zero attached hydrogens (tertiary/aromatic N) is 5. The highest BCUT2D eigenvalue weighted by Gasteiger charge is 2.17. The molecule has 13 heteroatoms. The van der Waals surface area contributed by atoms with Gasteiger partial charge in [0.15, 0.2) is 11.6 Å². The van der Waals surface area contributed by atoms with Crippen LogP contribution in [0.4, 0.5) is 0 Å². The molecule has 8 heterocycles. The minimum absolute atomic E-state index is 0.135. The van der Waals surface area contributed by atoms with E-state index in [0.29, 0.717) is 49.2 Å². The number of aryl methyl sites for hydroxylation is 1. The second-order valence-corrected chi connectivity index (χ2v) is 12.1. The molecule has 3 N–H and O–H groups in total. The van der Waals surface area contributed by atoms with Crippen molar-refractivity contribution in [2.24, 2.45) is 0 Å². The van der Waals surface area contributed by atoms with Gasteiger partial charge in [0.25, 0.3) is 11.1 Å². The summed E-state index contributed by atoms with van der Waals surface area (Å²) in [6, 6.07) is 19.7. The summed E-state index contributed by atoms with van der Waals surface area (Å²) < 4.78 is 1.15. The van der Waals surface area contributed by atoms with Gasteiger partial charge in [-0.2, -0.15) is 0 Å². The smallest absolute Gasteiger partial charge is 0.269 e. The van der Waals surface area contributed by atoms with Gasteiger partial charge in [-0.1, -0.05) is 18.2 Å². The number of aromatic nitrogens is 8. The summed E-state index contributed by atoms with van der Waals surface area (Å²) in [7, 11) is 0. The van der Waals surface area contributed by atoms with E-state index >= 15 is 0 Å². The largest absolute Gasteiger partial charge is 0.322 e. The van der Waals surface area contributed by atoms with Gasteiger partial charge in [-0.05, 0) is 55.0 Å². The summed E-state index contributed by atoms with van der Waals surface area (Å²) in [4.78, 5) is 67.4. The number of H-pyrrole nitrogens is 3. The molecule has 224 valence electrons. The standard InChI is InChI=1S/C17H12N4OS.C16H10N4O2S/c1-10-13(11-5-8-18-9-6-11)14-15(23-10)17(22)21-16(20-14)12-4-2-3-7-19-12;21-12-6-3-5-10(18-12)9-8-23-14-13(9)19-15(20-16(14)22)11-4-1-2-7-17-11/h2-9H,1H3,(H,20,21,22);1-8H,(H,18,21)(H,19,20,22). The van der Waals surface area contributed by atoms with Crippen molar-refractivity contribution in [2.45, 2.75) is 6.92 Å². The Morgan fingerprint density at radius 3 is 1.93 bits per heavy atom. The predicted octanol–water partition coefficient (Wildman–Crippen LogP) is 5.82. The van der Waals surface area contributed by atoms with Crippen molar-refractivity contribution in [3.05, 3.63) is 133 Å². The van der Waals surface area contributed by atoms with Crippen molar-refractivity contribution in [1.82, 2.24) is 39.9 Å². The molecular formula is C33H22N8O3S2. The molecule has 0 saturated carbocycles. The molecule has 8 aromatic heterocycles. The summed E-state index contributed by atoms with van der Waals surface area (Å²) in [6.07, 6.45) is 6.81. The molecule has 8 rings (SSSR count). The van der Waals surface area contributed by atoms with E-state index in [-0.39, 0.29) is 16.7 Å². The van der Waals surface area contributed by atoms with Gasteiger partial charge in [0, 0.05) is 52.2 Å². The van der Waals surface area contributed by atoms with E-state index in [1.54, 1.807) is 49.1 Å². The molecule has 0 aliphatic rings. The average molecular weight is 643 g/mol. The third-order valence-electron chi connectivity index (χ3n) is 6.99. The highest BCUT2D eigenvalue weighted by Crippen LogP contribution is 2.36. The lowest BCUT2D eigenvalue weighted by atomic mass is 10.1. The van der Waals surface area contributed by atoms with Crippen LogP contribution in [0.3, 0.4) is 0 Å². The van der Waals surface area contributed by atoms with Gasteiger partial charge in [0.2, 0.25) is 5.56 Å². The maximum atomic E-state index is 12.4. The zero-order valence-electron chi connectivity index (χ0n) is 24.0. The van der Waals surface area contributed by atoms with Crippen molar-refractivity contribution in [3.63, 3.8) is 0 Å². The van der Waals surface area contributed by atoms with Gasteiger partial charge < -0.3 is 15.0 Å². The van der Waals surface area contributed by atoms with E-state index in [1.807, 2.05) is 48.7 Å². The van der Waals surface area contributed by atoms with Crippen LogP contribution >= 0.6 is 22.7 Å². The number of rotatable bonds is 4. The number of thiophene rings is 2. The summed E-state index contributed by atoms with van der Waals surface area (Å²) in [5, 5.41) is 1.82. The maximum absolute atomic E-state index is 12.4. The molecule has 0 amide bonds. The molecule has 46 heavy (non-hydrogen) atoms. The van der Waals surface area contributed by atoms with Gasteiger partial charge in [0.05, 0.1) is 16.7 Å². The molecule has 0 aromatic carbocycles. The molecule has 8 aromatic rings. The Bertz CT molecular complexity index is 2510. The second kappa shape index (κ2) is 12.2. The Morgan fingerprint density at radius 1 is 0.652 bits per heavy atom. The monoisotopic (exact) mass is 642 g/mol. The van der Waals surface area contributed by atoms with Gasteiger partial charge in [-0.25, -0.2) is 9.97 Å². The van der Waals surface area contributed by atoms with Gasteiger partial charge in [-0.15, -0.1) is 22.7 Å². The van der Waals surface area contributed by atoms with Crippen LogP contribution in [0, 0.1) is 6.92 Å². The summed E-state index contributed by atoms with van der Waals surface area (Å²) >= 11 is 2.75. The SMILES string of the molecule is Cc1sc2c(=O)[nH]c(-c3ccccn3)nc2c1-c1ccncc1.O=c1cccc(-c2csc3c(=O)[nH]c(-c4ccccn4)nc23)[nH]1. The van der Waals surface area contributed by atoms with Gasteiger partial charge in [0.1, 0.15) is 20.8 Å². The van der Waals surface area contributed by atoms with E-state index in [2.05, 4.69) is 39.9 Å². The second-order valence-electron chi connectivity index (χ2n) is 9.96. The zero-order valence-corrected chi connectivity index (χ0v) is 25.6. The van der Waals surface area contributed by atoms with E-state index < -0.39 is 0 Å². The lowest BCUT2D eigenvalue weighted by Gasteiger charge is -2.03. The van der Waals surface area contributed by atoms with Crippen LogP contribution in [0.2, 0.25) is 0 Å². The maximum Gasteiger partial charge on any atom is 0.269 e. The van der Waals surface area contributed by atoms with Crippen molar-refractivity contribution < 1.29 is 0 Å². The molecule has 0 saturated heterocycles. The lowest BCUT2D eigenvalue weighted by Crippen LogP contribution is -2.09. The number of aromatic amines is 3. The van der Waals surface area contributed by atoms with Gasteiger partial charge >= 0.3 is 0 Å². The van der Waals surface area contributed by atoms with Gasteiger partial charge in [-0.3, -0.25) is 29.3 Å². The molecule has 0 aliphatic carbocycles. The van der Waals surface area contributed by atoms with Crippen LogP contribution in [0.5, 0.6) is 0 Å². The molecule has 0 fully saturated rings. The summed E-state index contributed by atoms with van der Waals surface area (Å²) in [6.45, 7) is 2.00. The quantitative estimate of drug-likeness (QED) is 0.216. The Kier molecular flexibility index (Phi) is 7.66. The number of nitrogens with one attached hydrogen (secondary N) is 3. The van der Waals surface area contributed by atoms with Crippen molar-refractivity contribution >= 4 is 43.1 Å². The molecule has 0 aliphatic heterocycles. The minimum atomic E-state index is -0.217. The normalized spacial score (nSPS) is 11.0. The van der Waals surface area contributed by atoms with Crippen molar-refractivity contribution in [2.75, 3.05) is 0 Å². The third-order valence-corrected chi connectivity index (χ3v) is 9.05. The van der Waals surface area contributed by atoms with Crippen molar-refractivity contribution in [1.29, 1.82) is 0 Å². The lowest BCUT2D eigenvalue weighted by molar-refractivity contribution is 1.15. The third kappa shape index (κ3) is 5.56. The number of pyridine rings is 4. The van der Waals surface area contributed by atoms with E-state index in [4.69, 9.17) is 0 Å². The van der Waals surface area contributed by atoms with Crippen LogP contribution in [0.15, 0.2) is 111 Å². The molecule has 0 radical (unpaired) electrons. The Hall–Kier alpha value is -5.92. The van der Waals surface area contributed by atoms with Crippen molar-refractivity contribution in [3.8, 4) is 45.4 Å². The fraction of sp³-hybridized carbons (Fsp3) is 0.0303. The van der Waals surface area contributed by atoms with E-state index in [0.717, 1.165) is 21.6 Å². The number of hydrogen-bond donors (Lipinski definition) is 3. The Morgan fingerprint density at radius 2 is 1.30 bits per heavy atom. The highest BCUT2D eigenvalue weighted by molar-refractivity contribution is 7.19. The van der Waals surface area contributed by atoms with Crippen LogP contribution in [0.1, 0.15) is 4.88 Å². The van der Waals surface area contributed by atoms with E-state index in [9.17, 15) is 14.4 Å². The predicted molar refractivity (Wildman–Crippen MR) is 181 cm³/mol. The fourth-order valence-corrected chi connectivity index (χ4v) is 6.84. The van der Waals surface area contributed by atoms with E-state index in [1.165, 1.54) is 28.7 Å². The Balaban J connectivity index is 0.000000147. The van der Waals surface area contributed by atoms with Crippen LogP contribution in [-0.2, 0) is 0 Å². The molecule has 11 nitrogen and oxygen atoms in total. The minimum Gasteiger partial charge on any atom is -0.322 e. The first-order valence-corrected chi connectivity index (χ1v) is 15.6. The highest BCUT2D eigenvalue weighted by atomic mass is 32.1. The number of fused-ring (bicyclic) bond motifs is 2. The number of hydrogen-bond acceptors (Lipinski definition) is 10. The molecule has 0 spiro atoms. The summed E-state index contributed by atoms with van der Waals surface area (Å²) in [5.41, 5.74) is 5.31. The molecule has 0 bridgehead atoms. The first-order chi connectivity index (χ1) is 22.5. The Labute approximate surface area is 267 Å². The average Bonchev–Trinajstić information content (AvgIpc) is 3.68. The zero-order chi connectivity index (χ0) is 31.6. The van der Waals surface area contributed by atoms with Crippen LogP contribution in [0.25, 0.3) is 65.9 Å². The van der Waals surface area contributed by atoms with Crippen LogP contribution < -0.4 is 16.7 Å². The fourth-order valence-electron chi connectivity index (χ4n) is 4.93. The molecule has 0 unspecified atom stereocenters. The molecular weight excluding hydrogens is 621 g/mol. The topological polar surface area (TPSA) is 163 Å². The first kappa shape index (κ1) is 28.8. The first-order valence-electron chi connectivity index (χ1n) is 13.9. The van der Waals surface area contributed by atoms with Crippen LogP contribution in [-0.4, -0.2) is 39.9 Å². The summed E-state index contributed by atoms with van der Waals surface area (Å²) in [5.74, 6) is 0.886. The molecule has 0 atom stereocenters.